The summed E-state index contributed by atoms with van der Waals surface area (Å²) in [5.41, 5.74) is 7.79. The fraction of sp³-hybridized carbons (Fsp3) is 0.432. The Balaban J connectivity index is 0.811. The van der Waals surface area contributed by atoms with E-state index in [4.69, 9.17) is 10.5 Å². The molecule has 0 radical (unpaired) electrons. The molecule has 3 aromatic rings. The third-order valence-electron chi connectivity index (χ3n) is 11.5. The molecular formula is C37H40N12O7. The predicted octanol–water partition coefficient (Wildman–Crippen LogP) is 1.07. The van der Waals surface area contributed by atoms with E-state index in [1.54, 1.807) is 41.2 Å². The van der Waals surface area contributed by atoms with Crippen molar-refractivity contribution in [1.82, 2.24) is 39.8 Å². The van der Waals surface area contributed by atoms with Gasteiger partial charge in [-0.2, -0.15) is 5.10 Å². The molecule has 4 fully saturated rings. The highest BCUT2D eigenvalue weighted by molar-refractivity contribution is 6.23. The Bertz CT molecular complexity index is 2220. The highest BCUT2D eigenvalue weighted by Gasteiger charge is 2.56. The molecule has 1 atom stereocenters. The number of nitrogens with zero attached hydrogens (tertiary/aromatic N) is 9. The number of likely N-dealkylation sites (tertiary alicyclic amines) is 1. The summed E-state index contributed by atoms with van der Waals surface area (Å²) in [6.07, 6.45) is 9.74. The minimum Gasteiger partial charge on any atom is -0.438 e. The number of nitrogens with one attached hydrogen (secondary N) is 2. The molecule has 19 heteroatoms. The smallest absolute Gasteiger partial charge is 0.414 e. The summed E-state index contributed by atoms with van der Waals surface area (Å²) >= 11 is 0. The largest absolute Gasteiger partial charge is 0.438 e. The molecule has 6 aliphatic rings. The number of imide groups is 2. The van der Waals surface area contributed by atoms with Crippen LogP contribution in [-0.4, -0.2) is 127 Å². The number of carbonyl (C=O) groups is 6. The van der Waals surface area contributed by atoms with Crippen LogP contribution in [0.5, 0.6) is 0 Å². The summed E-state index contributed by atoms with van der Waals surface area (Å²) in [4.78, 5) is 94.1. The van der Waals surface area contributed by atoms with Gasteiger partial charge in [-0.15, -0.1) is 0 Å². The lowest BCUT2D eigenvalue weighted by Crippen LogP contribution is -2.67. The Labute approximate surface area is 320 Å². The number of aromatic nitrogens is 4. The number of amides is 6. The van der Waals surface area contributed by atoms with Crippen molar-refractivity contribution in [2.45, 2.75) is 56.2 Å². The number of anilines is 4. The Kier molecular flexibility index (Phi) is 8.48. The Hall–Kier alpha value is -6.37. The Morgan fingerprint density at radius 3 is 2.50 bits per heavy atom. The van der Waals surface area contributed by atoms with Gasteiger partial charge < -0.3 is 25.6 Å². The number of ether oxygens (including phenoxy) is 1. The van der Waals surface area contributed by atoms with Crippen LogP contribution in [0.4, 0.5) is 27.8 Å². The lowest BCUT2D eigenvalue weighted by Gasteiger charge is -2.51. The predicted molar refractivity (Wildman–Crippen MR) is 198 cm³/mol. The Morgan fingerprint density at radius 1 is 0.982 bits per heavy atom. The van der Waals surface area contributed by atoms with Crippen molar-refractivity contribution in [1.29, 1.82) is 0 Å². The summed E-state index contributed by atoms with van der Waals surface area (Å²) < 4.78 is 7.65. The molecule has 290 valence electrons. The number of aryl methyl sites for hydroxylation is 1. The third-order valence-corrected chi connectivity index (χ3v) is 11.5. The molecule has 56 heavy (non-hydrogen) atoms. The average molecular weight is 765 g/mol. The van der Waals surface area contributed by atoms with E-state index in [9.17, 15) is 28.8 Å². The second-order valence-electron chi connectivity index (χ2n) is 15.2. The van der Waals surface area contributed by atoms with E-state index in [1.165, 1.54) is 6.20 Å². The van der Waals surface area contributed by atoms with Crippen molar-refractivity contribution in [3.8, 4) is 0 Å². The van der Waals surface area contributed by atoms with Crippen LogP contribution in [0.15, 0.2) is 48.7 Å². The van der Waals surface area contributed by atoms with Gasteiger partial charge in [0.25, 0.3) is 17.7 Å². The number of fused-ring (bicyclic) bond motifs is 1. The van der Waals surface area contributed by atoms with Gasteiger partial charge in [-0.3, -0.25) is 48.7 Å². The van der Waals surface area contributed by atoms with E-state index in [-0.39, 0.29) is 41.6 Å². The van der Waals surface area contributed by atoms with Crippen molar-refractivity contribution < 1.29 is 33.5 Å². The maximum absolute atomic E-state index is 13.4. The van der Waals surface area contributed by atoms with Gasteiger partial charge in [-0.1, -0.05) is 0 Å². The molecule has 1 spiro atoms. The summed E-state index contributed by atoms with van der Waals surface area (Å²) in [5.74, 6) is -2.09. The van der Waals surface area contributed by atoms with E-state index in [2.05, 4.69) is 35.5 Å². The van der Waals surface area contributed by atoms with Crippen LogP contribution in [0, 0.1) is 0 Å². The fourth-order valence-corrected chi connectivity index (χ4v) is 8.64. The van der Waals surface area contributed by atoms with Crippen LogP contribution < -0.4 is 26.2 Å². The van der Waals surface area contributed by atoms with E-state index in [0.717, 1.165) is 48.6 Å². The molecule has 4 N–H and O–H groups in total. The van der Waals surface area contributed by atoms with Gasteiger partial charge in [0.15, 0.2) is 22.9 Å². The molecule has 9 rings (SSSR count). The second-order valence-corrected chi connectivity index (χ2v) is 15.2. The topological polar surface area (TPSA) is 222 Å². The maximum Gasteiger partial charge on any atom is 0.414 e. The normalized spacial score (nSPS) is 22.6. The number of hydrogen-bond acceptors (Lipinski definition) is 14. The number of nitrogens with two attached hydrogens (primary N) is 1. The van der Waals surface area contributed by atoms with Crippen LogP contribution >= 0.6 is 0 Å². The molecule has 6 aliphatic heterocycles. The van der Waals surface area contributed by atoms with Crippen molar-refractivity contribution >= 4 is 58.6 Å². The van der Waals surface area contributed by atoms with Gasteiger partial charge in [0.05, 0.1) is 35.8 Å². The first kappa shape index (κ1) is 35.3. The zero-order chi connectivity index (χ0) is 38.9. The zero-order valence-corrected chi connectivity index (χ0v) is 30.6. The molecule has 0 aliphatic carbocycles. The number of benzene rings is 1. The average Bonchev–Trinajstić information content (AvgIpc) is 3.83. The van der Waals surface area contributed by atoms with Crippen LogP contribution in [0.25, 0.3) is 0 Å². The molecule has 1 unspecified atom stereocenters. The molecule has 4 saturated heterocycles. The number of hydrogen-bond donors (Lipinski definition) is 3. The van der Waals surface area contributed by atoms with Gasteiger partial charge in [0.1, 0.15) is 6.04 Å². The first-order chi connectivity index (χ1) is 26.9. The number of carbonyl (C=O) groups excluding carboxylic acids is 6. The van der Waals surface area contributed by atoms with E-state index >= 15 is 0 Å². The summed E-state index contributed by atoms with van der Waals surface area (Å²) in [6.45, 7) is 3.82. The van der Waals surface area contributed by atoms with Crippen LogP contribution in [-0.2, 0) is 21.4 Å². The fourth-order valence-electron chi connectivity index (χ4n) is 8.64. The molecule has 2 aromatic heterocycles. The standard InChI is InChI=1S/C37H40N12O7/c1-44-16-21(14-40-44)41-32-30(31(38)51)39-15-28(42-32)46-10-2-3-24(17-46)48-20-37(56-36(48)55)18-47(19-37)22-8-11-45(12-9-22)23-4-5-25-26(13-23)35(54)49(34(25)53)27-6-7-29(50)43-33(27)52/h4-5,13-17,22,27H,2-3,6-12,18-20H2,1H3,(H2,38,51)(H,41,42)(H,43,50,52). The summed E-state index contributed by atoms with van der Waals surface area (Å²) in [6, 6.07) is 4.51. The van der Waals surface area contributed by atoms with E-state index < -0.39 is 41.2 Å². The van der Waals surface area contributed by atoms with Gasteiger partial charge in [0, 0.05) is 76.0 Å². The molecule has 1 aromatic carbocycles. The van der Waals surface area contributed by atoms with Crippen LogP contribution in [0.1, 0.15) is 69.7 Å². The van der Waals surface area contributed by atoms with E-state index in [1.807, 2.05) is 17.2 Å². The van der Waals surface area contributed by atoms with Crippen LogP contribution in [0.3, 0.4) is 0 Å². The minimum absolute atomic E-state index is 0.00147. The highest BCUT2D eigenvalue weighted by atomic mass is 16.6. The first-order valence-corrected chi connectivity index (χ1v) is 18.7. The number of allylic oxidation sites excluding steroid dienone is 1. The summed E-state index contributed by atoms with van der Waals surface area (Å²) in [5, 5.41) is 9.45. The summed E-state index contributed by atoms with van der Waals surface area (Å²) in [7, 11) is 1.78. The molecule has 8 heterocycles. The van der Waals surface area contributed by atoms with Crippen molar-refractivity contribution in [3.63, 3.8) is 0 Å². The molecule has 6 amide bonds. The highest BCUT2D eigenvalue weighted by Crippen LogP contribution is 2.39. The molecule has 0 bridgehead atoms. The monoisotopic (exact) mass is 764 g/mol. The van der Waals surface area contributed by atoms with Crippen molar-refractivity contribution in [2.75, 3.05) is 54.4 Å². The molecule has 19 nitrogen and oxygen atoms in total. The quantitative estimate of drug-likeness (QED) is 0.273. The second kappa shape index (κ2) is 13.4. The minimum atomic E-state index is -1.00. The molecular weight excluding hydrogens is 724 g/mol. The van der Waals surface area contributed by atoms with Crippen molar-refractivity contribution in [3.05, 3.63) is 65.5 Å². The van der Waals surface area contributed by atoms with Gasteiger partial charge in [0.2, 0.25) is 11.8 Å². The Morgan fingerprint density at radius 2 is 1.77 bits per heavy atom. The van der Waals surface area contributed by atoms with Gasteiger partial charge in [-0.05, 0) is 50.3 Å². The lowest BCUT2D eigenvalue weighted by molar-refractivity contribution is -0.136. The van der Waals surface area contributed by atoms with Gasteiger partial charge in [-0.25, -0.2) is 14.8 Å². The van der Waals surface area contributed by atoms with Gasteiger partial charge >= 0.3 is 6.09 Å². The zero-order valence-electron chi connectivity index (χ0n) is 30.6. The SMILES string of the molecule is Cn1cc(Nc2nc(N3C=C(N4CC5(CN(C6CCN(c7ccc8c(c7)C(=O)N(C7CCC(=O)NC7=O)C8=O)CC6)C5)OC4=O)CCC3)cnc2C(N)=O)cn1. The number of primary amides is 1. The third kappa shape index (κ3) is 6.16. The van der Waals surface area contributed by atoms with Crippen molar-refractivity contribution in [2.24, 2.45) is 12.8 Å². The number of piperidine rings is 2. The maximum atomic E-state index is 13.4. The molecule has 0 saturated carbocycles. The van der Waals surface area contributed by atoms with Crippen LogP contribution in [0.2, 0.25) is 0 Å². The first-order valence-electron chi connectivity index (χ1n) is 18.7. The van der Waals surface area contributed by atoms with E-state index in [0.29, 0.717) is 50.1 Å². The number of rotatable bonds is 8. The lowest BCUT2D eigenvalue weighted by atomic mass is 9.89.